The number of nitrogens with zero attached hydrogens (tertiary/aromatic N) is 3. The highest BCUT2D eigenvalue weighted by molar-refractivity contribution is 7.71. The second kappa shape index (κ2) is 23.0. The van der Waals surface area contributed by atoms with E-state index in [0.29, 0.717) is 44.4 Å². The number of benzene rings is 1. The third-order valence-electron chi connectivity index (χ3n) is 8.04. The summed E-state index contributed by atoms with van der Waals surface area (Å²) in [5, 5.41) is 2.42. The first-order valence-corrected chi connectivity index (χ1v) is 18.7. The Balaban J connectivity index is 1.51. The molecule has 0 fully saturated rings. The highest BCUT2D eigenvalue weighted by atomic mass is 32.1. The molecule has 1 N–H and O–H groups in total. The van der Waals surface area contributed by atoms with Crippen molar-refractivity contribution in [3.05, 3.63) is 63.3 Å². The molecule has 3 rings (SSSR count). The van der Waals surface area contributed by atoms with Crippen molar-refractivity contribution in [3.8, 4) is 0 Å². The van der Waals surface area contributed by atoms with Gasteiger partial charge >= 0.3 is 30.0 Å². The van der Waals surface area contributed by atoms with Crippen LogP contribution < -0.4 is 10.9 Å². The smallest absolute Gasteiger partial charge is 0.408 e. The Morgan fingerprint density at radius 2 is 1.35 bits per heavy atom. The van der Waals surface area contributed by atoms with Crippen LogP contribution in [0.5, 0.6) is 0 Å². The van der Waals surface area contributed by atoms with Crippen molar-refractivity contribution in [2.75, 3.05) is 19.8 Å². The summed E-state index contributed by atoms with van der Waals surface area (Å²) >= 11 is 5.65. The molecule has 0 aliphatic heterocycles. The van der Waals surface area contributed by atoms with E-state index in [0.717, 1.165) is 5.56 Å². The fourth-order valence-electron chi connectivity index (χ4n) is 4.99. The van der Waals surface area contributed by atoms with Crippen LogP contribution in [-0.2, 0) is 74.2 Å². The van der Waals surface area contributed by atoms with Crippen molar-refractivity contribution in [3.63, 3.8) is 0 Å². The first-order valence-electron chi connectivity index (χ1n) is 18.3. The zero-order chi connectivity index (χ0) is 40.3. The minimum absolute atomic E-state index is 0.0273. The molecule has 0 radical (unpaired) electrons. The van der Waals surface area contributed by atoms with Gasteiger partial charge in [0, 0.05) is 25.6 Å². The van der Waals surface area contributed by atoms with Gasteiger partial charge in [0.1, 0.15) is 18.2 Å². The Morgan fingerprint density at radius 3 is 1.96 bits per heavy atom. The van der Waals surface area contributed by atoms with Crippen LogP contribution in [0.2, 0.25) is 0 Å². The van der Waals surface area contributed by atoms with E-state index >= 15 is 0 Å². The van der Waals surface area contributed by atoms with E-state index in [-0.39, 0.29) is 67.7 Å². The summed E-state index contributed by atoms with van der Waals surface area (Å²) in [5.41, 5.74) is 0.951. The van der Waals surface area contributed by atoms with Gasteiger partial charge < -0.3 is 42.9 Å². The third kappa shape index (κ3) is 15.0. The molecule has 0 unspecified atom stereocenters. The molecule has 16 nitrogen and oxygen atoms in total. The number of nitrogens with one attached hydrogen (secondary N) is 1. The molecule has 1 aromatic carbocycles. The number of fused-ring (bicyclic) bond motifs is 1. The van der Waals surface area contributed by atoms with Gasteiger partial charge in [-0.05, 0) is 70.3 Å². The molecule has 1 atom stereocenters. The Kier molecular flexibility index (Phi) is 18.6. The van der Waals surface area contributed by atoms with Crippen molar-refractivity contribution in [2.24, 2.45) is 5.92 Å². The summed E-state index contributed by atoms with van der Waals surface area (Å²) in [7, 11) is 0. The molecule has 0 spiro atoms. The molecule has 2 aromatic heterocycles. The number of ether oxygens (including phenoxy) is 6. The van der Waals surface area contributed by atoms with E-state index in [1.807, 2.05) is 44.2 Å². The zero-order valence-electron chi connectivity index (χ0n) is 32.1. The van der Waals surface area contributed by atoms with Crippen LogP contribution in [0.15, 0.2) is 47.4 Å². The number of carbonyl (C=O) groups is 5. The molecule has 3 aromatic rings. The number of amides is 1. The van der Waals surface area contributed by atoms with Gasteiger partial charge in [-0.25, -0.2) is 14.2 Å². The van der Waals surface area contributed by atoms with E-state index < -0.39 is 42.3 Å². The van der Waals surface area contributed by atoms with Crippen LogP contribution in [0.4, 0.5) is 4.79 Å². The van der Waals surface area contributed by atoms with Crippen LogP contribution in [0.25, 0.3) is 11.0 Å². The number of rotatable bonds is 23. The Morgan fingerprint density at radius 1 is 0.727 bits per heavy atom. The highest BCUT2D eigenvalue weighted by Crippen LogP contribution is 2.15. The number of alkyl carbamates (subject to hydrolysis) is 1. The number of aromatic nitrogens is 3. The normalized spacial score (nSPS) is 11.7. The fraction of sp³-hybridized carbons (Fsp3) is 0.553. The largest absolute Gasteiger partial charge is 0.465 e. The Bertz CT molecular complexity index is 1850. The average molecular weight is 789 g/mol. The highest BCUT2D eigenvalue weighted by Gasteiger charge is 2.19. The maximum absolute atomic E-state index is 13.7. The Hall–Kier alpha value is -5.03. The number of carbonyl (C=O) groups excluding carboxylic acids is 5. The maximum atomic E-state index is 13.7. The lowest BCUT2D eigenvalue weighted by molar-refractivity contribution is -0.149. The zero-order valence-corrected chi connectivity index (χ0v) is 32.9. The van der Waals surface area contributed by atoms with Crippen molar-refractivity contribution < 1.29 is 52.4 Å². The van der Waals surface area contributed by atoms with Gasteiger partial charge in [-0.3, -0.25) is 19.2 Å². The number of unbranched alkanes of at least 4 members (excludes halogenated alkanes) is 2. The quantitative estimate of drug-likeness (QED) is 0.0576. The molecule has 0 aliphatic carbocycles. The molecule has 2 heterocycles. The van der Waals surface area contributed by atoms with Gasteiger partial charge in [0.25, 0.3) is 5.56 Å². The monoisotopic (exact) mass is 788 g/mol. The van der Waals surface area contributed by atoms with Gasteiger partial charge in [-0.1, -0.05) is 44.2 Å². The summed E-state index contributed by atoms with van der Waals surface area (Å²) in [6.45, 7) is 8.94. The molecule has 1 amide bonds. The Labute approximate surface area is 324 Å². The van der Waals surface area contributed by atoms with Gasteiger partial charge in [0.15, 0.2) is 18.2 Å². The van der Waals surface area contributed by atoms with Crippen molar-refractivity contribution in [2.45, 2.75) is 112 Å². The lowest BCUT2D eigenvalue weighted by Crippen LogP contribution is -2.39. The number of hydrogen-bond acceptors (Lipinski definition) is 13. The van der Waals surface area contributed by atoms with Crippen molar-refractivity contribution in [1.29, 1.82) is 0 Å². The van der Waals surface area contributed by atoms with Crippen molar-refractivity contribution >= 4 is 53.2 Å². The maximum Gasteiger partial charge on any atom is 0.408 e. The second-order valence-corrected chi connectivity index (χ2v) is 13.6. The molecule has 0 saturated carbocycles. The predicted octanol–water partition coefficient (Wildman–Crippen LogP) is 5.16. The molecule has 0 aliphatic rings. The van der Waals surface area contributed by atoms with Crippen molar-refractivity contribution in [1.82, 2.24) is 19.0 Å². The topological polar surface area (TPSA) is 185 Å². The second-order valence-electron chi connectivity index (χ2n) is 13.2. The first-order chi connectivity index (χ1) is 26.3. The summed E-state index contributed by atoms with van der Waals surface area (Å²) in [4.78, 5) is 74.7. The molecular weight excluding hydrogens is 737 g/mol. The van der Waals surface area contributed by atoms with E-state index in [9.17, 15) is 28.8 Å². The standard InChI is InChI=1S/C38H52N4O12S/c1-26(2)35(46)50-20-11-9-16-32(44)54-25-42-34(45)33-30(41(38(42)55)19-22-49-27(3)4)17-18-40(33)24-53-31(43)15-10-12-21-51-36(47)28(5)39-37(48)52-23-29-13-7-6-8-14-29/h6-8,13-14,17-18,26-28H,9-12,15-16,19-25H2,1-5H3,(H,39,48)/t28-/m0/s1. The molecule has 302 valence electrons. The van der Waals surface area contributed by atoms with E-state index in [1.165, 1.54) is 16.1 Å². The minimum atomic E-state index is -0.932. The molecule has 0 bridgehead atoms. The number of hydrogen-bond donors (Lipinski definition) is 1. The lowest BCUT2D eigenvalue weighted by atomic mass is 10.2. The first kappa shape index (κ1) is 44.4. The summed E-state index contributed by atoms with van der Waals surface area (Å²) in [6, 6.07) is 9.87. The van der Waals surface area contributed by atoms with Gasteiger partial charge in [0.05, 0.1) is 37.4 Å². The third-order valence-corrected chi connectivity index (χ3v) is 8.48. The van der Waals surface area contributed by atoms with Gasteiger partial charge in [-0.15, -0.1) is 0 Å². The predicted molar refractivity (Wildman–Crippen MR) is 202 cm³/mol. The van der Waals surface area contributed by atoms with E-state index in [2.05, 4.69) is 5.32 Å². The van der Waals surface area contributed by atoms with Gasteiger partial charge in [0.2, 0.25) is 0 Å². The molecule has 0 saturated heterocycles. The summed E-state index contributed by atoms with van der Waals surface area (Å²) in [6.07, 6.45) is 2.53. The van der Waals surface area contributed by atoms with E-state index in [4.69, 9.17) is 40.6 Å². The van der Waals surface area contributed by atoms with Crippen LogP contribution in [0.1, 0.15) is 78.7 Å². The molecule has 55 heavy (non-hydrogen) atoms. The molecule has 17 heteroatoms. The lowest BCUT2D eigenvalue weighted by Gasteiger charge is -2.16. The van der Waals surface area contributed by atoms with Crippen LogP contribution in [0, 0.1) is 10.7 Å². The average Bonchev–Trinajstić information content (AvgIpc) is 3.58. The fourth-order valence-corrected chi connectivity index (χ4v) is 5.32. The summed E-state index contributed by atoms with van der Waals surface area (Å²) < 4.78 is 36.5. The number of esters is 4. The van der Waals surface area contributed by atoms with Crippen LogP contribution >= 0.6 is 12.2 Å². The van der Waals surface area contributed by atoms with Gasteiger partial charge in [-0.2, -0.15) is 0 Å². The SMILES string of the molecule is CC(C)OCCn1c(=S)n(COC(=O)CCCCOC(=O)C(C)C)c(=O)c2c1ccn2COC(=O)CCCCOC(=O)[C@H](C)NC(=O)OCc1ccccc1. The van der Waals surface area contributed by atoms with E-state index in [1.54, 1.807) is 30.7 Å². The summed E-state index contributed by atoms with van der Waals surface area (Å²) in [5.74, 6) is -2.26. The molecular formula is C38H52N4O12S. The minimum Gasteiger partial charge on any atom is -0.465 e. The van der Waals surface area contributed by atoms with Crippen LogP contribution in [0.3, 0.4) is 0 Å². The van der Waals surface area contributed by atoms with Crippen LogP contribution in [-0.4, -0.2) is 75.6 Å².